The second kappa shape index (κ2) is 4.75. The van der Waals surface area contributed by atoms with Gasteiger partial charge < -0.3 is 9.88 Å². The highest BCUT2D eigenvalue weighted by atomic mass is 15.0. The van der Waals surface area contributed by atoms with Crippen molar-refractivity contribution in [1.82, 2.24) is 14.9 Å². The average molecular weight is 201 g/mol. The summed E-state index contributed by atoms with van der Waals surface area (Å²) in [6.07, 6.45) is 3.95. The van der Waals surface area contributed by atoms with Crippen molar-refractivity contribution in [2.45, 2.75) is 6.54 Å². The zero-order valence-electron chi connectivity index (χ0n) is 8.85. The molecule has 1 aromatic heterocycles. The van der Waals surface area contributed by atoms with Gasteiger partial charge in [0, 0.05) is 24.8 Å². The number of likely N-dealkylation sites (N-methyl/N-ethyl adjacent to an activating group) is 1. The second-order valence-corrected chi connectivity index (χ2v) is 3.47. The van der Waals surface area contributed by atoms with E-state index in [4.69, 9.17) is 0 Å². The summed E-state index contributed by atoms with van der Waals surface area (Å²) in [4.78, 5) is 4.37. The number of nitrogens with one attached hydrogen (secondary N) is 1. The van der Waals surface area contributed by atoms with Gasteiger partial charge >= 0.3 is 0 Å². The monoisotopic (exact) mass is 201 g/mol. The van der Waals surface area contributed by atoms with E-state index in [0.717, 1.165) is 18.8 Å². The Morgan fingerprint density at radius 2 is 2.07 bits per heavy atom. The van der Waals surface area contributed by atoms with Crippen molar-refractivity contribution in [3.8, 4) is 11.3 Å². The van der Waals surface area contributed by atoms with E-state index in [2.05, 4.69) is 33.2 Å². The summed E-state index contributed by atoms with van der Waals surface area (Å²) < 4.78 is 2.10. The summed E-state index contributed by atoms with van der Waals surface area (Å²) >= 11 is 0. The lowest BCUT2D eigenvalue weighted by atomic mass is 10.2. The zero-order valence-corrected chi connectivity index (χ0v) is 8.85. The normalized spacial score (nSPS) is 10.5. The van der Waals surface area contributed by atoms with E-state index in [-0.39, 0.29) is 0 Å². The van der Waals surface area contributed by atoms with Crippen LogP contribution in [-0.2, 0) is 6.54 Å². The summed E-state index contributed by atoms with van der Waals surface area (Å²) in [6.45, 7) is 1.92. The molecule has 1 N–H and O–H groups in total. The lowest BCUT2D eigenvalue weighted by Gasteiger charge is -1.99. The van der Waals surface area contributed by atoms with Crippen LogP contribution < -0.4 is 5.32 Å². The summed E-state index contributed by atoms with van der Waals surface area (Å²) in [5.41, 5.74) is 2.20. The van der Waals surface area contributed by atoms with Crippen LogP contribution >= 0.6 is 0 Å². The number of nitrogens with zero attached hydrogens (tertiary/aromatic N) is 2. The van der Waals surface area contributed by atoms with Crippen LogP contribution in [0.25, 0.3) is 11.3 Å². The van der Waals surface area contributed by atoms with Gasteiger partial charge in [0.1, 0.15) is 0 Å². The molecule has 2 aromatic rings. The molecule has 0 aliphatic carbocycles. The average Bonchev–Trinajstić information content (AvgIpc) is 2.76. The molecule has 78 valence electrons. The molecule has 2 rings (SSSR count). The molecule has 0 saturated heterocycles. The summed E-state index contributed by atoms with van der Waals surface area (Å²) in [5, 5.41) is 3.12. The Morgan fingerprint density at radius 3 is 2.80 bits per heavy atom. The SMILES string of the molecule is CNCCn1cnc(-c2ccccc2)c1. The maximum Gasteiger partial charge on any atom is 0.0954 e. The highest BCUT2D eigenvalue weighted by molar-refractivity contribution is 5.57. The summed E-state index contributed by atoms with van der Waals surface area (Å²) in [7, 11) is 1.95. The number of rotatable bonds is 4. The fourth-order valence-corrected chi connectivity index (χ4v) is 1.48. The highest BCUT2D eigenvalue weighted by Crippen LogP contribution is 2.15. The number of aromatic nitrogens is 2. The first-order chi connectivity index (χ1) is 7.40. The van der Waals surface area contributed by atoms with E-state index in [0.29, 0.717) is 0 Å². The lowest BCUT2D eigenvalue weighted by Crippen LogP contribution is -2.13. The lowest BCUT2D eigenvalue weighted by molar-refractivity contribution is 0.644. The molecule has 0 fully saturated rings. The smallest absolute Gasteiger partial charge is 0.0954 e. The standard InChI is InChI=1S/C12H15N3/c1-13-7-8-15-9-12(14-10-15)11-5-3-2-4-6-11/h2-6,9-10,13H,7-8H2,1H3. The third-order valence-corrected chi connectivity index (χ3v) is 2.32. The highest BCUT2D eigenvalue weighted by Gasteiger charge is 2.00. The Morgan fingerprint density at radius 1 is 1.27 bits per heavy atom. The van der Waals surface area contributed by atoms with Crippen molar-refractivity contribution >= 4 is 0 Å². The number of hydrogen-bond donors (Lipinski definition) is 1. The topological polar surface area (TPSA) is 29.9 Å². The van der Waals surface area contributed by atoms with Crippen molar-refractivity contribution < 1.29 is 0 Å². The van der Waals surface area contributed by atoms with E-state index in [1.54, 1.807) is 0 Å². The van der Waals surface area contributed by atoms with Crippen molar-refractivity contribution in [1.29, 1.82) is 0 Å². The first kappa shape index (κ1) is 9.93. The quantitative estimate of drug-likeness (QED) is 0.817. The molecule has 0 spiro atoms. The second-order valence-electron chi connectivity index (χ2n) is 3.47. The molecule has 3 nitrogen and oxygen atoms in total. The Labute approximate surface area is 89.8 Å². The molecule has 1 heterocycles. The zero-order chi connectivity index (χ0) is 10.5. The largest absolute Gasteiger partial charge is 0.336 e. The molecule has 0 unspecified atom stereocenters. The Bertz CT molecular complexity index is 406. The Kier molecular flexibility index (Phi) is 3.15. The van der Waals surface area contributed by atoms with Crippen LogP contribution in [0.1, 0.15) is 0 Å². The molecule has 0 saturated carbocycles. The van der Waals surface area contributed by atoms with Crippen LogP contribution in [-0.4, -0.2) is 23.1 Å². The van der Waals surface area contributed by atoms with Gasteiger partial charge in [-0.15, -0.1) is 0 Å². The fraction of sp³-hybridized carbons (Fsp3) is 0.250. The van der Waals surface area contributed by atoms with Gasteiger partial charge in [-0.25, -0.2) is 4.98 Å². The van der Waals surface area contributed by atoms with Crippen LogP contribution in [0.3, 0.4) is 0 Å². The number of benzene rings is 1. The van der Waals surface area contributed by atoms with Crippen LogP contribution in [0.5, 0.6) is 0 Å². The van der Waals surface area contributed by atoms with Gasteiger partial charge in [-0.2, -0.15) is 0 Å². The minimum Gasteiger partial charge on any atom is -0.336 e. The molecule has 0 atom stereocenters. The Balaban J connectivity index is 2.14. The fourth-order valence-electron chi connectivity index (χ4n) is 1.48. The third kappa shape index (κ3) is 2.44. The predicted octanol–water partition coefficient (Wildman–Crippen LogP) is 1.77. The molecule has 0 amide bonds. The number of hydrogen-bond acceptors (Lipinski definition) is 2. The molecule has 0 bridgehead atoms. The van der Waals surface area contributed by atoms with E-state index in [1.807, 2.05) is 31.6 Å². The van der Waals surface area contributed by atoms with Crippen LogP contribution in [0, 0.1) is 0 Å². The maximum atomic E-state index is 4.37. The van der Waals surface area contributed by atoms with E-state index in [9.17, 15) is 0 Å². The van der Waals surface area contributed by atoms with Crippen LogP contribution in [0.15, 0.2) is 42.9 Å². The molecular weight excluding hydrogens is 186 g/mol. The predicted molar refractivity (Wildman–Crippen MR) is 61.6 cm³/mol. The van der Waals surface area contributed by atoms with Crippen molar-refractivity contribution in [2.24, 2.45) is 0 Å². The van der Waals surface area contributed by atoms with Gasteiger partial charge in [-0.05, 0) is 7.05 Å². The van der Waals surface area contributed by atoms with Gasteiger partial charge in [0.25, 0.3) is 0 Å². The molecular formula is C12H15N3. The van der Waals surface area contributed by atoms with Crippen molar-refractivity contribution in [2.75, 3.05) is 13.6 Å². The van der Waals surface area contributed by atoms with Gasteiger partial charge in [0.05, 0.1) is 12.0 Å². The summed E-state index contributed by atoms with van der Waals surface area (Å²) in [5.74, 6) is 0. The van der Waals surface area contributed by atoms with Gasteiger partial charge in [0.2, 0.25) is 0 Å². The maximum absolute atomic E-state index is 4.37. The van der Waals surface area contributed by atoms with Crippen LogP contribution in [0.2, 0.25) is 0 Å². The first-order valence-corrected chi connectivity index (χ1v) is 5.12. The molecule has 0 aliphatic rings. The summed E-state index contributed by atoms with van der Waals surface area (Å²) in [6, 6.07) is 10.2. The molecule has 0 radical (unpaired) electrons. The van der Waals surface area contributed by atoms with E-state index >= 15 is 0 Å². The minimum atomic E-state index is 0.955. The molecule has 15 heavy (non-hydrogen) atoms. The number of imidazole rings is 1. The minimum absolute atomic E-state index is 0.955. The first-order valence-electron chi connectivity index (χ1n) is 5.12. The van der Waals surface area contributed by atoms with E-state index < -0.39 is 0 Å². The third-order valence-electron chi connectivity index (χ3n) is 2.32. The Hall–Kier alpha value is -1.61. The molecule has 1 aromatic carbocycles. The van der Waals surface area contributed by atoms with Crippen molar-refractivity contribution in [3.05, 3.63) is 42.9 Å². The van der Waals surface area contributed by atoms with Crippen LogP contribution in [0.4, 0.5) is 0 Å². The van der Waals surface area contributed by atoms with Gasteiger partial charge in [0.15, 0.2) is 0 Å². The van der Waals surface area contributed by atoms with Crippen molar-refractivity contribution in [3.63, 3.8) is 0 Å². The molecule has 0 aliphatic heterocycles. The van der Waals surface area contributed by atoms with Gasteiger partial charge in [-0.3, -0.25) is 0 Å². The van der Waals surface area contributed by atoms with Gasteiger partial charge in [-0.1, -0.05) is 30.3 Å². The van der Waals surface area contributed by atoms with E-state index in [1.165, 1.54) is 5.56 Å². The molecule has 3 heteroatoms.